The molecule has 7 heteroatoms. The van der Waals surface area contributed by atoms with Gasteiger partial charge in [-0.3, -0.25) is 4.79 Å². The molecule has 0 radical (unpaired) electrons. The molecule has 5 rings (SSSR count). The van der Waals surface area contributed by atoms with Crippen LogP contribution in [0, 0.1) is 12.8 Å². The Morgan fingerprint density at radius 2 is 2.11 bits per heavy atom. The van der Waals surface area contributed by atoms with E-state index >= 15 is 0 Å². The highest BCUT2D eigenvalue weighted by atomic mass is 32.1. The predicted octanol–water partition coefficient (Wildman–Crippen LogP) is 4.19. The Morgan fingerprint density at radius 3 is 3.04 bits per heavy atom. The van der Waals surface area contributed by atoms with E-state index in [9.17, 15) is 4.79 Å². The molecule has 0 bridgehead atoms. The Bertz CT molecular complexity index is 1050. The van der Waals surface area contributed by atoms with E-state index in [1.165, 1.54) is 10.3 Å². The van der Waals surface area contributed by atoms with Crippen LogP contribution in [0.2, 0.25) is 0 Å². The van der Waals surface area contributed by atoms with Crippen molar-refractivity contribution >= 4 is 38.3 Å². The molecule has 1 N–H and O–H groups in total. The Kier molecular flexibility index (Phi) is 4.31. The molecule has 0 spiro atoms. The number of carbonyl (C=O) groups excluding carboxylic acids is 1. The number of amides is 1. The minimum atomic E-state index is -0.0621. The molecule has 1 fully saturated rings. The van der Waals surface area contributed by atoms with E-state index in [0.717, 1.165) is 35.7 Å². The lowest BCUT2D eigenvalue weighted by Gasteiger charge is -2.31. The molecule has 28 heavy (non-hydrogen) atoms. The van der Waals surface area contributed by atoms with Crippen LogP contribution < -0.4 is 19.7 Å². The zero-order valence-corrected chi connectivity index (χ0v) is 16.4. The maximum atomic E-state index is 12.8. The normalized spacial score (nSPS) is 18.5. The van der Waals surface area contributed by atoms with Gasteiger partial charge >= 0.3 is 0 Å². The number of hydrogen-bond donors (Lipinski definition) is 1. The lowest BCUT2D eigenvalue weighted by molar-refractivity contribution is -0.120. The first kappa shape index (κ1) is 17.3. The largest absolute Gasteiger partial charge is 0.454 e. The summed E-state index contributed by atoms with van der Waals surface area (Å²) in [5.74, 6) is 1.37. The van der Waals surface area contributed by atoms with Gasteiger partial charge in [0, 0.05) is 24.8 Å². The fraction of sp³-hybridized carbons (Fsp3) is 0.333. The molecule has 1 atom stereocenters. The van der Waals surface area contributed by atoms with Crippen LogP contribution in [-0.4, -0.2) is 30.8 Å². The van der Waals surface area contributed by atoms with Crippen molar-refractivity contribution in [2.75, 3.05) is 30.1 Å². The van der Waals surface area contributed by atoms with Crippen molar-refractivity contribution in [3.05, 3.63) is 42.0 Å². The van der Waals surface area contributed by atoms with Gasteiger partial charge < -0.3 is 19.7 Å². The Morgan fingerprint density at radius 1 is 1.21 bits per heavy atom. The molecule has 6 nitrogen and oxygen atoms in total. The second-order valence-corrected chi connectivity index (χ2v) is 8.32. The van der Waals surface area contributed by atoms with Gasteiger partial charge in [-0.1, -0.05) is 17.4 Å². The molecule has 0 saturated carbocycles. The van der Waals surface area contributed by atoms with E-state index in [1.807, 2.05) is 18.2 Å². The summed E-state index contributed by atoms with van der Waals surface area (Å²) in [4.78, 5) is 19.9. The summed E-state index contributed by atoms with van der Waals surface area (Å²) >= 11 is 1.70. The second kappa shape index (κ2) is 6.98. The zero-order chi connectivity index (χ0) is 19.1. The maximum Gasteiger partial charge on any atom is 0.231 e. The predicted molar refractivity (Wildman–Crippen MR) is 110 cm³/mol. The number of ether oxygens (including phenoxy) is 2. The third-order valence-electron chi connectivity index (χ3n) is 5.24. The third kappa shape index (κ3) is 3.26. The van der Waals surface area contributed by atoms with Gasteiger partial charge in [0.1, 0.15) is 0 Å². The molecule has 2 aromatic carbocycles. The van der Waals surface area contributed by atoms with Gasteiger partial charge in [-0.25, -0.2) is 4.98 Å². The van der Waals surface area contributed by atoms with Gasteiger partial charge in [-0.15, -0.1) is 0 Å². The van der Waals surface area contributed by atoms with Crippen LogP contribution in [0.4, 0.5) is 10.8 Å². The number of fused-ring (bicyclic) bond motifs is 2. The van der Waals surface area contributed by atoms with Crippen LogP contribution >= 0.6 is 11.3 Å². The number of carbonyl (C=O) groups is 1. The molecule has 0 aliphatic carbocycles. The van der Waals surface area contributed by atoms with E-state index in [0.29, 0.717) is 18.0 Å². The summed E-state index contributed by atoms with van der Waals surface area (Å²) in [7, 11) is 0. The Balaban J connectivity index is 1.29. The quantitative estimate of drug-likeness (QED) is 0.720. The number of benzene rings is 2. The monoisotopic (exact) mass is 395 g/mol. The van der Waals surface area contributed by atoms with Crippen LogP contribution in [-0.2, 0) is 4.79 Å². The van der Waals surface area contributed by atoms with Crippen molar-refractivity contribution in [1.82, 2.24) is 4.98 Å². The number of anilines is 2. The zero-order valence-electron chi connectivity index (χ0n) is 15.6. The van der Waals surface area contributed by atoms with Gasteiger partial charge in [-0.05, 0) is 49.6 Å². The smallest absolute Gasteiger partial charge is 0.231 e. The topological polar surface area (TPSA) is 63.7 Å². The summed E-state index contributed by atoms with van der Waals surface area (Å²) < 4.78 is 11.9. The van der Waals surface area contributed by atoms with Crippen LogP contribution in [0.5, 0.6) is 11.5 Å². The van der Waals surface area contributed by atoms with Crippen molar-refractivity contribution < 1.29 is 14.3 Å². The van der Waals surface area contributed by atoms with Gasteiger partial charge in [0.25, 0.3) is 0 Å². The number of nitrogens with one attached hydrogen (secondary N) is 1. The standard InChI is InChI=1S/C21H21N3O3S/c1-13-4-6-16-19(9-13)28-21(23-16)24-8-2-3-14(11-24)20(25)22-15-5-7-17-18(10-15)27-12-26-17/h4-7,9-10,14H,2-3,8,11-12H2,1H3,(H,22,25). The molecule has 144 valence electrons. The van der Waals surface area contributed by atoms with Gasteiger partial charge in [-0.2, -0.15) is 0 Å². The van der Waals surface area contributed by atoms with Crippen molar-refractivity contribution in [3.63, 3.8) is 0 Å². The van der Waals surface area contributed by atoms with Gasteiger partial charge in [0.05, 0.1) is 16.1 Å². The van der Waals surface area contributed by atoms with Crippen molar-refractivity contribution in [2.24, 2.45) is 5.92 Å². The number of aromatic nitrogens is 1. The molecular formula is C21H21N3O3S. The average molecular weight is 395 g/mol. The van der Waals surface area contributed by atoms with Crippen LogP contribution in [0.3, 0.4) is 0 Å². The van der Waals surface area contributed by atoms with Crippen molar-refractivity contribution in [1.29, 1.82) is 0 Å². The first-order valence-electron chi connectivity index (χ1n) is 9.48. The van der Waals surface area contributed by atoms with Crippen molar-refractivity contribution in [3.8, 4) is 11.5 Å². The molecule has 3 aromatic rings. The van der Waals surface area contributed by atoms with Gasteiger partial charge in [0.2, 0.25) is 12.7 Å². The van der Waals surface area contributed by atoms with E-state index in [2.05, 4.69) is 35.3 Å². The van der Waals surface area contributed by atoms with Crippen LogP contribution in [0.15, 0.2) is 36.4 Å². The van der Waals surface area contributed by atoms with Crippen LogP contribution in [0.1, 0.15) is 18.4 Å². The molecule has 1 aromatic heterocycles. The summed E-state index contributed by atoms with van der Waals surface area (Å²) in [6, 6.07) is 11.8. The van der Waals surface area contributed by atoms with E-state index in [4.69, 9.17) is 14.5 Å². The molecule has 2 aliphatic heterocycles. The summed E-state index contributed by atoms with van der Waals surface area (Å²) in [6.45, 7) is 3.95. The van der Waals surface area contributed by atoms with Gasteiger partial charge in [0.15, 0.2) is 16.6 Å². The minimum Gasteiger partial charge on any atom is -0.454 e. The molecule has 1 saturated heterocycles. The maximum absolute atomic E-state index is 12.8. The number of aryl methyl sites for hydroxylation is 1. The highest BCUT2D eigenvalue weighted by Crippen LogP contribution is 2.35. The van der Waals surface area contributed by atoms with E-state index in [-0.39, 0.29) is 18.6 Å². The molecule has 3 heterocycles. The summed E-state index contributed by atoms with van der Waals surface area (Å²) in [5, 5.41) is 4.03. The lowest BCUT2D eigenvalue weighted by Crippen LogP contribution is -2.40. The second-order valence-electron chi connectivity index (χ2n) is 7.31. The average Bonchev–Trinajstić information content (AvgIpc) is 3.34. The third-order valence-corrected chi connectivity index (χ3v) is 6.31. The number of thiazole rings is 1. The lowest BCUT2D eigenvalue weighted by atomic mass is 9.97. The summed E-state index contributed by atoms with van der Waals surface area (Å²) in [5.41, 5.74) is 3.00. The van der Waals surface area contributed by atoms with Crippen molar-refractivity contribution in [2.45, 2.75) is 19.8 Å². The van der Waals surface area contributed by atoms with E-state index < -0.39 is 0 Å². The van der Waals surface area contributed by atoms with E-state index in [1.54, 1.807) is 11.3 Å². The van der Waals surface area contributed by atoms with Crippen LogP contribution in [0.25, 0.3) is 10.2 Å². The SMILES string of the molecule is Cc1ccc2nc(N3CCCC(C(=O)Nc4ccc5c(c4)OCO5)C3)sc2c1. The molecule has 1 unspecified atom stereocenters. The number of nitrogens with zero attached hydrogens (tertiary/aromatic N) is 2. The minimum absolute atomic E-state index is 0.0421. The molecule has 2 aliphatic rings. The fourth-order valence-electron chi connectivity index (χ4n) is 3.74. The number of piperidine rings is 1. The highest BCUT2D eigenvalue weighted by Gasteiger charge is 2.28. The fourth-order valence-corrected chi connectivity index (χ4v) is 4.84. The molecule has 1 amide bonds. The highest BCUT2D eigenvalue weighted by molar-refractivity contribution is 7.22. The first-order valence-corrected chi connectivity index (χ1v) is 10.3. The number of hydrogen-bond acceptors (Lipinski definition) is 6. The number of rotatable bonds is 3. The first-order chi connectivity index (χ1) is 13.7. The molecular weight excluding hydrogens is 374 g/mol. The Hall–Kier alpha value is -2.80. The summed E-state index contributed by atoms with van der Waals surface area (Å²) in [6.07, 6.45) is 1.87. The Labute approximate surface area is 167 Å².